The number of nitrogens with one attached hydrogen (secondary N) is 2. The average Bonchev–Trinajstić information content (AvgIpc) is 2.85. The molecule has 2 aromatic rings. The molecule has 5 nitrogen and oxygen atoms in total. The molecule has 1 heterocycles. The van der Waals surface area contributed by atoms with E-state index >= 15 is 0 Å². The van der Waals surface area contributed by atoms with Crippen LogP contribution >= 0.6 is 0 Å². The van der Waals surface area contributed by atoms with Crippen LogP contribution in [-0.4, -0.2) is 11.8 Å². The van der Waals surface area contributed by atoms with Gasteiger partial charge in [-0.2, -0.15) is 13.2 Å². The Balaban J connectivity index is 2.36. The number of benzene rings is 1. The highest BCUT2D eigenvalue weighted by atomic mass is 19.4. The van der Waals surface area contributed by atoms with Crippen molar-refractivity contribution in [2.24, 2.45) is 0 Å². The van der Waals surface area contributed by atoms with Crippen LogP contribution in [0.5, 0.6) is 0 Å². The monoisotopic (exact) mass is 326 g/mol. The Kier molecular flexibility index (Phi) is 4.44. The minimum Gasteiger partial charge on any atom is -0.459 e. The first-order valence-corrected chi connectivity index (χ1v) is 6.53. The van der Waals surface area contributed by atoms with Gasteiger partial charge < -0.3 is 15.1 Å². The van der Waals surface area contributed by atoms with Crippen molar-refractivity contribution in [1.82, 2.24) is 0 Å². The van der Waals surface area contributed by atoms with Gasteiger partial charge in [-0.1, -0.05) is 0 Å². The predicted molar refractivity (Wildman–Crippen MR) is 77.1 cm³/mol. The van der Waals surface area contributed by atoms with Gasteiger partial charge in [0.25, 0.3) is 5.91 Å². The van der Waals surface area contributed by atoms with E-state index in [1.807, 2.05) is 0 Å². The topological polar surface area (TPSA) is 71.3 Å². The minimum absolute atomic E-state index is 0.0167. The third kappa shape index (κ3) is 3.91. The lowest BCUT2D eigenvalue weighted by molar-refractivity contribution is -0.137. The van der Waals surface area contributed by atoms with Gasteiger partial charge in [0.15, 0.2) is 5.76 Å². The maximum absolute atomic E-state index is 13.2. The summed E-state index contributed by atoms with van der Waals surface area (Å²) in [5, 5.41) is 4.44. The Morgan fingerprint density at radius 2 is 1.83 bits per heavy atom. The third-order valence-corrected chi connectivity index (χ3v) is 2.96. The van der Waals surface area contributed by atoms with Gasteiger partial charge in [-0.15, -0.1) is 0 Å². The second-order valence-electron chi connectivity index (χ2n) is 4.83. The van der Waals surface area contributed by atoms with Crippen molar-refractivity contribution >= 4 is 23.2 Å². The van der Waals surface area contributed by atoms with Gasteiger partial charge in [0, 0.05) is 18.2 Å². The van der Waals surface area contributed by atoms with Crippen LogP contribution < -0.4 is 10.6 Å². The van der Waals surface area contributed by atoms with Gasteiger partial charge in [-0.05, 0) is 31.2 Å². The van der Waals surface area contributed by atoms with Crippen molar-refractivity contribution in [1.29, 1.82) is 0 Å². The van der Waals surface area contributed by atoms with Crippen molar-refractivity contribution in [2.75, 3.05) is 10.6 Å². The summed E-state index contributed by atoms with van der Waals surface area (Å²) in [6.07, 6.45) is -3.43. The number of anilines is 2. The highest BCUT2D eigenvalue weighted by Crippen LogP contribution is 2.36. The maximum atomic E-state index is 13.2. The van der Waals surface area contributed by atoms with Crippen molar-refractivity contribution in [2.45, 2.75) is 20.0 Å². The lowest BCUT2D eigenvalue weighted by Crippen LogP contribution is -2.17. The summed E-state index contributed by atoms with van der Waals surface area (Å²) in [5.74, 6) is -1.35. The van der Waals surface area contributed by atoms with Gasteiger partial charge >= 0.3 is 6.18 Å². The van der Waals surface area contributed by atoms with E-state index in [2.05, 4.69) is 10.6 Å². The van der Waals surface area contributed by atoms with Crippen molar-refractivity contribution < 1.29 is 27.2 Å². The lowest BCUT2D eigenvalue weighted by Gasteiger charge is -2.15. The molecule has 0 spiro atoms. The standard InChI is InChI=1S/C15H13F3N2O3/c1-8-5-6-23-13(8)14(22)20-12-4-3-10(19-9(2)21)7-11(12)15(16,17)18/h3-7H,1-2H3,(H,19,21)(H,20,22). The summed E-state index contributed by atoms with van der Waals surface area (Å²) in [6, 6.07) is 4.62. The lowest BCUT2D eigenvalue weighted by atomic mass is 10.1. The number of rotatable bonds is 3. The molecule has 1 aromatic heterocycles. The molecule has 2 rings (SSSR count). The van der Waals surface area contributed by atoms with Crippen molar-refractivity contribution in [3.05, 3.63) is 47.4 Å². The van der Waals surface area contributed by atoms with E-state index in [9.17, 15) is 22.8 Å². The molecule has 122 valence electrons. The molecule has 0 aliphatic carbocycles. The fourth-order valence-corrected chi connectivity index (χ4v) is 1.95. The van der Waals surface area contributed by atoms with E-state index in [0.29, 0.717) is 5.56 Å². The van der Waals surface area contributed by atoms with E-state index < -0.39 is 29.2 Å². The maximum Gasteiger partial charge on any atom is 0.418 e. The first-order valence-electron chi connectivity index (χ1n) is 6.53. The normalized spacial score (nSPS) is 11.2. The zero-order valence-corrected chi connectivity index (χ0v) is 12.2. The van der Waals surface area contributed by atoms with Gasteiger partial charge in [0.2, 0.25) is 5.91 Å². The number of carbonyl (C=O) groups excluding carboxylic acids is 2. The molecule has 2 amide bonds. The molecule has 0 aliphatic rings. The summed E-state index contributed by atoms with van der Waals surface area (Å²) in [7, 11) is 0. The Morgan fingerprint density at radius 1 is 1.13 bits per heavy atom. The first kappa shape index (κ1) is 16.6. The molecule has 8 heteroatoms. The summed E-state index contributed by atoms with van der Waals surface area (Å²) < 4.78 is 44.4. The molecule has 0 fully saturated rings. The van der Waals surface area contributed by atoms with Crippen LogP contribution in [-0.2, 0) is 11.0 Å². The molecule has 1 aromatic carbocycles. The molecule has 0 bridgehead atoms. The Bertz CT molecular complexity index is 751. The highest BCUT2D eigenvalue weighted by molar-refractivity contribution is 6.04. The Morgan fingerprint density at radius 3 is 2.35 bits per heavy atom. The van der Waals surface area contributed by atoms with Crippen LogP contribution in [0.4, 0.5) is 24.5 Å². The van der Waals surface area contributed by atoms with Crippen LogP contribution in [0.15, 0.2) is 34.9 Å². The smallest absolute Gasteiger partial charge is 0.418 e. The first-order chi connectivity index (χ1) is 10.7. The predicted octanol–water partition coefficient (Wildman–Crippen LogP) is 3.82. The molecular formula is C15H13F3N2O3. The third-order valence-electron chi connectivity index (χ3n) is 2.96. The van der Waals surface area contributed by atoms with Gasteiger partial charge in [0.1, 0.15) is 0 Å². The molecular weight excluding hydrogens is 313 g/mol. The van der Waals surface area contributed by atoms with E-state index in [1.165, 1.54) is 25.3 Å². The molecule has 2 N–H and O–H groups in total. The van der Waals surface area contributed by atoms with Crippen LogP contribution in [0.3, 0.4) is 0 Å². The summed E-state index contributed by atoms with van der Waals surface area (Å²) in [5.41, 5.74) is -1.00. The van der Waals surface area contributed by atoms with E-state index in [0.717, 1.165) is 12.1 Å². The Labute approximate surface area is 129 Å². The van der Waals surface area contributed by atoms with Crippen LogP contribution in [0.1, 0.15) is 28.6 Å². The number of hydrogen-bond acceptors (Lipinski definition) is 3. The van der Waals surface area contributed by atoms with Crippen LogP contribution in [0, 0.1) is 6.92 Å². The fraction of sp³-hybridized carbons (Fsp3) is 0.200. The van der Waals surface area contributed by atoms with Crippen molar-refractivity contribution in [3.63, 3.8) is 0 Å². The number of halogens is 3. The second-order valence-corrected chi connectivity index (χ2v) is 4.83. The van der Waals surface area contributed by atoms with Gasteiger partial charge in [-0.3, -0.25) is 9.59 Å². The molecule has 0 aliphatic heterocycles. The van der Waals surface area contributed by atoms with E-state index in [-0.39, 0.29) is 11.4 Å². The molecule has 0 unspecified atom stereocenters. The number of hydrogen-bond donors (Lipinski definition) is 2. The molecule has 0 atom stereocenters. The Hall–Kier alpha value is -2.77. The summed E-state index contributed by atoms with van der Waals surface area (Å²) >= 11 is 0. The molecule has 0 saturated carbocycles. The number of carbonyl (C=O) groups is 2. The SMILES string of the molecule is CC(=O)Nc1ccc(NC(=O)c2occc2C)c(C(F)(F)F)c1. The summed E-state index contributed by atoms with van der Waals surface area (Å²) in [6.45, 7) is 2.78. The van der Waals surface area contributed by atoms with Crippen LogP contribution in [0.25, 0.3) is 0 Å². The fourth-order valence-electron chi connectivity index (χ4n) is 1.95. The molecule has 0 saturated heterocycles. The second kappa shape index (κ2) is 6.15. The number of aryl methyl sites for hydroxylation is 1. The number of furan rings is 1. The average molecular weight is 326 g/mol. The van der Waals surface area contributed by atoms with Crippen LogP contribution in [0.2, 0.25) is 0 Å². The quantitative estimate of drug-likeness (QED) is 0.901. The van der Waals surface area contributed by atoms with Crippen molar-refractivity contribution in [3.8, 4) is 0 Å². The van der Waals surface area contributed by atoms with E-state index in [4.69, 9.17) is 4.42 Å². The zero-order valence-electron chi connectivity index (χ0n) is 12.2. The molecule has 23 heavy (non-hydrogen) atoms. The van der Waals surface area contributed by atoms with Gasteiger partial charge in [0.05, 0.1) is 17.5 Å². The largest absolute Gasteiger partial charge is 0.459 e. The van der Waals surface area contributed by atoms with Gasteiger partial charge in [-0.25, -0.2) is 0 Å². The number of alkyl halides is 3. The minimum atomic E-state index is -4.70. The molecule has 0 radical (unpaired) electrons. The number of amides is 2. The zero-order chi connectivity index (χ0) is 17.2. The highest BCUT2D eigenvalue weighted by Gasteiger charge is 2.34. The van der Waals surface area contributed by atoms with E-state index in [1.54, 1.807) is 6.92 Å². The summed E-state index contributed by atoms with van der Waals surface area (Å²) in [4.78, 5) is 23.0.